The quantitative estimate of drug-likeness (QED) is 0.329. The molecule has 1 saturated heterocycles. The normalized spacial score (nSPS) is 31.5. The molecule has 8 heteroatoms. The van der Waals surface area contributed by atoms with Crippen LogP contribution in [0.3, 0.4) is 0 Å². The van der Waals surface area contributed by atoms with Gasteiger partial charge in [-0.1, -0.05) is 6.07 Å². The van der Waals surface area contributed by atoms with E-state index in [1.165, 1.54) is 38.4 Å². The topological polar surface area (TPSA) is 82.1 Å². The molecule has 1 aromatic rings. The molecule has 7 nitrogen and oxygen atoms in total. The minimum absolute atomic E-state index is 0.132. The molecule has 4 aliphatic carbocycles. The summed E-state index contributed by atoms with van der Waals surface area (Å²) in [5.74, 6) is 2.33. The van der Waals surface area contributed by atoms with Crippen molar-refractivity contribution in [2.45, 2.75) is 38.5 Å². The largest absolute Gasteiger partial charge is 0.493 e. The van der Waals surface area contributed by atoms with Crippen LogP contribution in [-0.2, 0) is 14.3 Å². The van der Waals surface area contributed by atoms with Crippen LogP contribution < -0.4 is 9.47 Å². The van der Waals surface area contributed by atoms with E-state index >= 15 is 0 Å². The van der Waals surface area contributed by atoms with Crippen molar-refractivity contribution in [3.05, 3.63) is 28.7 Å². The Morgan fingerprint density at radius 3 is 2.36 bits per heavy atom. The van der Waals surface area contributed by atoms with E-state index in [0.29, 0.717) is 46.3 Å². The van der Waals surface area contributed by atoms with E-state index < -0.39 is 0 Å². The molecular weight excluding hydrogens is 442 g/mol. The zero-order valence-electron chi connectivity index (χ0n) is 19.0. The fourth-order valence-corrected chi connectivity index (χ4v) is 7.32. The number of carbonyl (C=O) groups excluding carboxylic acids is 3. The first kappa shape index (κ1) is 22.5. The lowest BCUT2D eigenvalue weighted by atomic mass is 9.49. The first-order valence-corrected chi connectivity index (χ1v) is 12.4. The van der Waals surface area contributed by atoms with Crippen LogP contribution in [0.2, 0.25) is 0 Å². The Balaban J connectivity index is 1.32. The van der Waals surface area contributed by atoms with Gasteiger partial charge in [0.25, 0.3) is 11.1 Å². The molecule has 4 saturated carbocycles. The fourth-order valence-electron chi connectivity index (χ4n) is 6.45. The predicted octanol–water partition coefficient (Wildman–Crippen LogP) is 4.50. The first-order chi connectivity index (χ1) is 15.9. The average molecular weight is 472 g/mol. The fraction of sp³-hybridized carbons (Fsp3) is 0.560. The summed E-state index contributed by atoms with van der Waals surface area (Å²) in [6.07, 6.45) is 8.28. The summed E-state index contributed by atoms with van der Waals surface area (Å²) in [4.78, 5) is 39.5. The summed E-state index contributed by atoms with van der Waals surface area (Å²) in [6, 6.07) is 5.21. The second-order valence-corrected chi connectivity index (χ2v) is 10.8. The Morgan fingerprint density at radius 1 is 1.09 bits per heavy atom. The lowest BCUT2D eigenvalue weighted by Gasteiger charge is -2.55. The van der Waals surface area contributed by atoms with Crippen LogP contribution in [0.15, 0.2) is 23.1 Å². The zero-order chi connectivity index (χ0) is 23.2. The Bertz CT molecular complexity index is 983. The number of rotatable bonds is 7. The van der Waals surface area contributed by atoms with E-state index in [-0.39, 0.29) is 29.1 Å². The van der Waals surface area contributed by atoms with E-state index in [0.717, 1.165) is 31.0 Å². The molecule has 176 valence electrons. The third kappa shape index (κ3) is 4.19. The predicted molar refractivity (Wildman–Crippen MR) is 124 cm³/mol. The molecule has 0 unspecified atom stereocenters. The second-order valence-electron chi connectivity index (χ2n) is 9.82. The number of carbonyl (C=O) groups is 3. The number of methoxy groups -OCH3 is 2. The molecular formula is C25H29NO6S. The minimum atomic E-state index is -0.348. The van der Waals surface area contributed by atoms with Gasteiger partial charge in [0, 0.05) is 7.11 Å². The van der Waals surface area contributed by atoms with Gasteiger partial charge in [0.15, 0.2) is 11.5 Å². The van der Waals surface area contributed by atoms with Crippen LogP contribution in [0.1, 0.15) is 44.1 Å². The molecule has 4 bridgehead atoms. The summed E-state index contributed by atoms with van der Waals surface area (Å²) in [5.41, 5.74) is 0.345. The minimum Gasteiger partial charge on any atom is -0.493 e. The average Bonchev–Trinajstić information content (AvgIpc) is 3.04. The van der Waals surface area contributed by atoms with Crippen molar-refractivity contribution >= 4 is 35.0 Å². The van der Waals surface area contributed by atoms with E-state index in [4.69, 9.17) is 14.2 Å². The van der Waals surface area contributed by atoms with Crippen LogP contribution >= 0.6 is 11.8 Å². The molecule has 0 atom stereocenters. The molecule has 0 spiro atoms. The standard InChI is InChI=1S/C25H29NO6S/c1-30-6-5-26-22(27)21(33-24(26)29)11-15-3-4-19(20(10-15)31-2)32-23(28)25-12-16-7-17(13-25)9-18(8-16)14-25/h3-4,10-11,16-18H,5-9,12-14H2,1-2H3/b21-11-. The summed E-state index contributed by atoms with van der Waals surface area (Å²) in [6.45, 7) is 0.518. The SMILES string of the molecule is COCCN1C(=O)S/C(=C\c2ccc(OC(=O)C34CC5CC(CC(C5)C3)C4)c(OC)c2)C1=O. The Kier molecular flexibility index (Phi) is 5.99. The van der Waals surface area contributed by atoms with Gasteiger partial charge >= 0.3 is 5.97 Å². The van der Waals surface area contributed by atoms with Gasteiger partial charge in [0.05, 0.1) is 30.6 Å². The van der Waals surface area contributed by atoms with Crippen molar-refractivity contribution in [3.8, 4) is 11.5 Å². The Morgan fingerprint density at radius 2 is 1.76 bits per heavy atom. The molecule has 1 aliphatic heterocycles. The Labute approximate surface area is 197 Å². The van der Waals surface area contributed by atoms with E-state index in [1.807, 2.05) is 0 Å². The number of hydrogen-bond acceptors (Lipinski definition) is 7. The highest BCUT2D eigenvalue weighted by molar-refractivity contribution is 8.18. The third-order valence-electron chi connectivity index (χ3n) is 7.55. The summed E-state index contributed by atoms with van der Waals surface area (Å²) in [7, 11) is 3.05. The second kappa shape index (κ2) is 8.80. The van der Waals surface area contributed by atoms with Crippen molar-refractivity contribution in [1.29, 1.82) is 0 Å². The van der Waals surface area contributed by atoms with Gasteiger partial charge in [-0.05, 0) is 91.8 Å². The number of benzene rings is 1. The van der Waals surface area contributed by atoms with Crippen LogP contribution in [0.5, 0.6) is 11.5 Å². The molecule has 5 fully saturated rings. The molecule has 33 heavy (non-hydrogen) atoms. The summed E-state index contributed by atoms with van der Waals surface area (Å²) in [5, 5.41) is -0.309. The van der Waals surface area contributed by atoms with Gasteiger partial charge in [0.1, 0.15) is 0 Å². The molecule has 1 heterocycles. The number of thioether (sulfide) groups is 1. The van der Waals surface area contributed by atoms with E-state index in [2.05, 4.69) is 0 Å². The maximum atomic E-state index is 13.3. The number of ether oxygens (including phenoxy) is 3. The van der Waals surface area contributed by atoms with E-state index in [9.17, 15) is 14.4 Å². The van der Waals surface area contributed by atoms with Gasteiger partial charge in [-0.3, -0.25) is 19.3 Å². The number of nitrogens with zero attached hydrogens (tertiary/aromatic N) is 1. The van der Waals surface area contributed by atoms with Crippen molar-refractivity contribution in [2.75, 3.05) is 27.4 Å². The van der Waals surface area contributed by atoms with Gasteiger partial charge in [0.2, 0.25) is 0 Å². The number of hydrogen-bond donors (Lipinski definition) is 0. The molecule has 0 N–H and O–H groups in total. The molecule has 0 radical (unpaired) electrons. The third-order valence-corrected chi connectivity index (χ3v) is 8.46. The van der Waals surface area contributed by atoms with Crippen LogP contribution in [0.4, 0.5) is 4.79 Å². The smallest absolute Gasteiger partial charge is 0.317 e. The van der Waals surface area contributed by atoms with Crippen LogP contribution in [0.25, 0.3) is 6.08 Å². The van der Waals surface area contributed by atoms with Crippen molar-refractivity contribution < 1.29 is 28.6 Å². The maximum absolute atomic E-state index is 13.3. The van der Waals surface area contributed by atoms with Gasteiger partial charge in [-0.2, -0.15) is 0 Å². The van der Waals surface area contributed by atoms with Crippen molar-refractivity contribution in [1.82, 2.24) is 4.90 Å². The molecule has 1 aromatic carbocycles. The molecule has 2 amide bonds. The monoisotopic (exact) mass is 471 g/mol. The van der Waals surface area contributed by atoms with Crippen LogP contribution in [-0.4, -0.2) is 49.4 Å². The summed E-state index contributed by atoms with van der Waals surface area (Å²) < 4.78 is 16.4. The molecule has 6 rings (SSSR count). The van der Waals surface area contributed by atoms with Gasteiger partial charge in [-0.25, -0.2) is 0 Å². The number of esters is 1. The lowest BCUT2D eigenvalue weighted by Crippen LogP contribution is -2.51. The van der Waals surface area contributed by atoms with Gasteiger partial charge < -0.3 is 14.2 Å². The number of amides is 2. The lowest BCUT2D eigenvalue weighted by molar-refractivity contribution is -0.161. The van der Waals surface area contributed by atoms with Crippen LogP contribution in [0, 0.1) is 23.2 Å². The highest BCUT2D eigenvalue weighted by atomic mass is 32.2. The first-order valence-electron chi connectivity index (χ1n) is 11.6. The Hall–Kier alpha value is -2.32. The highest BCUT2D eigenvalue weighted by Crippen LogP contribution is 2.60. The van der Waals surface area contributed by atoms with E-state index in [1.54, 1.807) is 24.3 Å². The molecule has 0 aromatic heterocycles. The van der Waals surface area contributed by atoms with Crippen molar-refractivity contribution in [3.63, 3.8) is 0 Å². The summed E-state index contributed by atoms with van der Waals surface area (Å²) >= 11 is 0.904. The van der Waals surface area contributed by atoms with Gasteiger partial charge in [-0.15, -0.1) is 0 Å². The number of imide groups is 1. The highest BCUT2D eigenvalue weighted by Gasteiger charge is 2.55. The van der Waals surface area contributed by atoms with Crippen molar-refractivity contribution in [2.24, 2.45) is 23.2 Å². The zero-order valence-corrected chi connectivity index (χ0v) is 19.8. The molecule has 5 aliphatic rings. The maximum Gasteiger partial charge on any atom is 0.317 e.